The number of ether oxygens (including phenoxy) is 2. The van der Waals surface area contributed by atoms with Crippen molar-refractivity contribution in [2.24, 2.45) is 0 Å². The van der Waals surface area contributed by atoms with Crippen LogP contribution in [0.15, 0.2) is 0 Å². The Morgan fingerprint density at radius 2 is 1.44 bits per heavy atom. The van der Waals surface area contributed by atoms with Gasteiger partial charge in [0.05, 0.1) is 18.8 Å². The van der Waals surface area contributed by atoms with E-state index in [2.05, 4.69) is 30.6 Å². The molecule has 0 aromatic heterocycles. The molecule has 4 nitrogen and oxygen atoms in total. The molecule has 0 aliphatic carbocycles. The molecule has 1 fully saturated rings. The lowest BCUT2D eigenvalue weighted by molar-refractivity contribution is -0.0127. The SMILES string of the molecule is COCCN1CCCN(CCOC(C)(C)C)CC1. The summed E-state index contributed by atoms with van der Waals surface area (Å²) in [4.78, 5) is 5.01. The largest absolute Gasteiger partial charge is 0.383 e. The van der Waals surface area contributed by atoms with E-state index in [9.17, 15) is 0 Å². The Morgan fingerprint density at radius 1 is 0.889 bits per heavy atom. The monoisotopic (exact) mass is 258 g/mol. The van der Waals surface area contributed by atoms with Crippen LogP contribution in [0.2, 0.25) is 0 Å². The molecule has 4 heteroatoms. The molecular formula is C14H30N2O2. The lowest BCUT2D eigenvalue weighted by atomic mass is 10.2. The molecule has 0 bridgehead atoms. The molecular weight excluding hydrogens is 228 g/mol. The van der Waals surface area contributed by atoms with Crippen molar-refractivity contribution >= 4 is 0 Å². The summed E-state index contributed by atoms with van der Waals surface area (Å²) in [7, 11) is 1.77. The van der Waals surface area contributed by atoms with Crippen molar-refractivity contribution < 1.29 is 9.47 Å². The van der Waals surface area contributed by atoms with Gasteiger partial charge < -0.3 is 9.47 Å². The van der Waals surface area contributed by atoms with Gasteiger partial charge in [-0.05, 0) is 40.3 Å². The zero-order valence-corrected chi connectivity index (χ0v) is 12.6. The summed E-state index contributed by atoms with van der Waals surface area (Å²) in [6, 6.07) is 0. The smallest absolute Gasteiger partial charge is 0.0600 e. The quantitative estimate of drug-likeness (QED) is 0.720. The summed E-state index contributed by atoms with van der Waals surface area (Å²) < 4.78 is 10.9. The maximum Gasteiger partial charge on any atom is 0.0600 e. The average molecular weight is 258 g/mol. The maximum atomic E-state index is 5.79. The molecule has 1 rings (SSSR count). The van der Waals surface area contributed by atoms with E-state index in [-0.39, 0.29) is 5.60 Å². The minimum Gasteiger partial charge on any atom is -0.383 e. The second-order valence-corrected chi connectivity index (χ2v) is 5.99. The first-order valence-corrected chi connectivity index (χ1v) is 7.09. The summed E-state index contributed by atoms with van der Waals surface area (Å²) >= 11 is 0. The van der Waals surface area contributed by atoms with Crippen molar-refractivity contribution in [3.8, 4) is 0 Å². The van der Waals surface area contributed by atoms with Crippen LogP contribution >= 0.6 is 0 Å². The summed E-state index contributed by atoms with van der Waals surface area (Å²) in [5.74, 6) is 0. The highest BCUT2D eigenvalue weighted by Crippen LogP contribution is 2.07. The van der Waals surface area contributed by atoms with E-state index in [1.54, 1.807) is 7.11 Å². The fourth-order valence-electron chi connectivity index (χ4n) is 2.17. The predicted molar refractivity (Wildman–Crippen MR) is 75.1 cm³/mol. The van der Waals surface area contributed by atoms with Crippen LogP contribution < -0.4 is 0 Å². The van der Waals surface area contributed by atoms with Crippen molar-refractivity contribution in [1.82, 2.24) is 9.80 Å². The minimum absolute atomic E-state index is 0.0175. The van der Waals surface area contributed by atoms with Gasteiger partial charge >= 0.3 is 0 Å². The first-order chi connectivity index (χ1) is 8.51. The predicted octanol–water partition coefficient (Wildman–Crippen LogP) is 1.46. The third kappa shape index (κ3) is 7.31. The van der Waals surface area contributed by atoms with Crippen LogP contribution in [0.5, 0.6) is 0 Å². The van der Waals surface area contributed by atoms with Crippen molar-refractivity contribution in [3.05, 3.63) is 0 Å². The van der Waals surface area contributed by atoms with E-state index >= 15 is 0 Å². The summed E-state index contributed by atoms with van der Waals surface area (Å²) in [5.41, 5.74) is -0.0175. The summed E-state index contributed by atoms with van der Waals surface area (Å²) in [5, 5.41) is 0. The number of hydrogen-bond acceptors (Lipinski definition) is 4. The van der Waals surface area contributed by atoms with Gasteiger partial charge in [-0.2, -0.15) is 0 Å². The number of rotatable bonds is 6. The van der Waals surface area contributed by atoms with Crippen molar-refractivity contribution in [2.75, 3.05) is 59.6 Å². The first kappa shape index (κ1) is 15.9. The topological polar surface area (TPSA) is 24.9 Å². The van der Waals surface area contributed by atoms with Crippen molar-refractivity contribution in [3.63, 3.8) is 0 Å². The van der Waals surface area contributed by atoms with Gasteiger partial charge in [0, 0.05) is 33.3 Å². The van der Waals surface area contributed by atoms with Gasteiger partial charge in [0.15, 0.2) is 0 Å². The molecule has 0 aromatic rings. The molecule has 1 aliphatic rings. The molecule has 0 N–H and O–H groups in total. The molecule has 0 radical (unpaired) electrons. The second-order valence-electron chi connectivity index (χ2n) is 5.99. The number of methoxy groups -OCH3 is 1. The highest BCUT2D eigenvalue weighted by Gasteiger charge is 2.15. The molecule has 108 valence electrons. The first-order valence-electron chi connectivity index (χ1n) is 7.09. The number of hydrogen-bond donors (Lipinski definition) is 0. The summed E-state index contributed by atoms with van der Waals surface area (Å²) in [6.07, 6.45) is 1.25. The Labute approximate surface area is 112 Å². The van der Waals surface area contributed by atoms with E-state index in [1.807, 2.05) is 0 Å². The molecule has 0 aromatic carbocycles. The molecule has 18 heavy (non-hydrogen) atoms. The second kappa shape index (κ2) is 8.10. The third-order valence-corrected chi connectivity index (χ3v) is 3.24. The van der Waals surface area contributed by atoms with E-state index in [4.69, 9.17) is 9.47 Å². The van der Waals surface area contributed by atoms with Gasteiger partial charge in [0.2, 0.25) is 0 Å². The average Bonchev–Trinajstić information content (AvgIpc) is 2.50. The highest BCUT2D eigenvalue weighted by molar-refractivity contribution is 4.70. The molecule has 0 unspecified atom stereocenters. The van der Waals surface area contributed by atoms with Gasteiger partial charge in [-0.25, -0.2) is 0 Å². The van der Waals surface area contributed by atoms with E-state index in [0.29, 0.717) is 0 Å². The van der Waals surface area contributed by atoms with Crippen molar-refractivity contribution in [1.29, 1.82) is 0 Å². The van der Waals surface area contributed by atoms with E-state index < -0.39 is 0 Å². The lowest BCUT2D eigenvalue weighted by Crippen LogP contribution is -2.35. The lowest BCUT2D eigenvalue weighted by Gasteiger charge is -2.24. The van der Waals surface area contributed by atoms with Crippen LogP contribution in [-0.4, -0.2) is 75.0 Å². The summed E-state index contributed by atoms with van der Waals surface area (Å²) in [6.45, 7) is 14.8. The zero-order valence-electron chi connectivity index (χ0n) is 12.6. The van der Waals surface area contributed by atoms with Gasteiger partial charge in [0.25, 0.3) is 0 Å². The van der Waals surface area contributed by atoms with E-state index in [1.165, 1.54) is 19.5 Å². The van der Waals surface area contributed by atoms with Crippen LogP contribution in [-0.2, 0) is 9.47 Å². The molecule has 0 amide bonds. The van der Waals surface area contributed by atoms with Gasteiger partial charge in [-0.1, -0.05) is 0 Å². The van der Waals surface area contributed by atoms with Crippen LogP contribution in [0, 0.1) is 0 Å². The van der Waals surface area contributed by atoms with Crippen LogP contribution in [0.4, 0.5) is 0 Å². The Bertz CT molecular complexity index is 216. The molecule has 1 saturated heterocycles. The van der Waals surface area contributed by atoms with Crippen LogP contribution in [0.3, 0.4) is 0 Å². The fourth-order valence-corrected chi connectivity index (χ4v) is 2.17. The van der Waals surface area contributed by atoms with Gasteiger partial charge in [0.1, 0.15) is 0 Å². The Hall–Kier alpha value is -0.160. The maximum absolute atomic E-state index is 5.79. The normalized spacial score (nSPS) is 20.0. The van der Waals surface area contributed by atoms with Crippen molar-refractivity contribution in [2.45, 2.75) is 32.8 Å². The fraction of sp³-hybridized carbons (Fsp3) is 1.00. The molecule has 0 atom stereocenters. The molecule has 0 saturated carbocycles. The molecule has 0 spiro atoms. The Balaban J connectivity index is 2.17. The van der Waals surface area contributed by atoms with Gasteiger partial charge in [-0.3, -0.25) is 9.80 Å². The van der Waals surface area contributed by atoms with E-state index in [0.717, 1.165) is 39.4 Å². The zero-order chi connectivity index (χ0) is 13.4. The number of nitrogens with zero attached hydrogens (tertiary/aromatic N) is 2. The highest BCUT2D eigenvalue weighted by atomic mass is 16.5. The third-order valence-electron chi connectivity index (χ3n) is 3.24. The van der Waals surface area contributed by atoms with Crippen LogP contribution in [0.25, 0.3) is 0 Å². The molecule has 1 heterocycles. The molecule has 1 aliphatic heterocycles. The Kier molecular flexibility index (Phi) is 7.15. The Morgan fingerprint density at radius 3 is 1.94 bits per heavy atom. The van der Waals surface area contributed by atoms with Crippen LogP contribution in [0.1, 0.15) is 27.2 Å². The standard InChI is InChI=1S/C14H30N2O2/c1-14(2,3)18-13-11-16-7-5-6-15(8-9-16)10-12-17-4/h5-13H2,1-4H3. The van der Waals surface area contributed by atoms with Gasteiger partial charge in [-0.15, -0.1) is 0 Å². The minimum atomic E-state index is -0.0175.